The maximum absolute atomic E-state index is 15.3. The highest BCUT2D eigenvalue weighted by Crippen LogP contribution is 2.66. The third-order valence-corrected chi connectivity index (χ3v) is 9.30. The van der Waals surface area contributed by atoms with Crippen molar-refractivity contribution < 1.29 is 4.57 Å². The van der Waals surface area contributed by atoms with Crippen LogP contribution in [0.1, 0.15) is 27.8 Å². The van der Waals surface area contributed by atoms with Crippen LogP contribution in [0, 0.1) is 13.8 Å². The van der Waals surface area contributed by atoms with E-state index in [9.17, 15) is 0 Å². The Morgan fingerprint density at radius 2 is 1.07 bits per heavy atom. The summed E-state index contributed by atoms with van der Waals surface area (Å²) in [5, 5.41) is 2.84. The van der Waals surface area contributed by atoms with Crippen LogP contribution in [-0.2, 0) is 4.57 Å². The number of hydrogen-bond donors (Lipinski definition) is 0. The fourth-order valence-corrected chi connectivity index (χ4v) is 8.19. The smallest absolute Gasteiger partial charge is 0.173 e. The number of rotatable bonds is 3. The summed E-state index contributed by atoms with van der Waals surface area (Å²) in [5.41, 5.74) is 6.58. The Balaban J connectivity index is 1.99. The molecule has 0 N–H and O–H groups in total. The maximum atomic E-state index is 15.3. The van der Waals surface area contributed by atoms with E-state index in [0.717, 1.165) is 49.3 Å². The molecule has 0 spiro atoms. The lowest BCUT2D eigenvalue weighted by molar-refractivity contribution is 0.593. The molecule has 1 aliphatic rings. The van der Waals surface area contributed by atoms with Gasteiger partial charge in [0.2, 0.25) is 0 Å². The van der Waals surface area contributed by atoms with Gasteiger partial charge in [-0.2, -0.15) is 0 Å². The van der Waals surface area contributed by atoms with E-state index >= 15 is 4.57 Å². The summed E-state index contributed by atoms with van der Waals surface area (Å²) in [5.74, 6) is 0. The van der Waals surface area contributed by atoms with Crippen LogP contribution in [0.4, 0.5) is 0 Å². The zero-order chi connectivity index (χ0) is 20.7. The third-order valence-electron chi connectivity index (χ3n) is 5.96. The van der Waals surface area contributed by atoms with Crippen molar-refractivity contribution in [2.75, 3.05) is 0 Å². The highest BCUT2D eigenvalue weighted by molar-refractivity contribution is 7.88. The molecule has 5 rings (SSSR count). The standard InChI is InChI=1S/C28H23OP/c1-20-12-9-10-18-24(20)30(29)25-19-11-13-21(2)26(25)27(22-14-5-3-6-15-22)28(30)23-16-7-4-8-17-23/h3-19H,1-2H3. The van der Waals surface area contributed by atoms with Crippen molar-refractivity contribution >= 4 is 28.6 Å². The normalized spacial score (nSPS) is 17.8. The van der Waals surface area contributed by atoms with E-state index in [1.165, 1.54) is 0 Å². The van der Waals surface area contributed by atoms with Gasteiger partial charge in [0.15, 0.2) is 7.14 Å². The summed E-state index contributed by atoms with van der Waals surface area (Å²) in [7, 11) is -3.05. The van der Waals surface area contributed by atoms with Crippen LogP contribution >= 0.6 is 7.14 Å². The third kappa shape index (κ3) is 2.74. The number of hydrogen-bond acceptors (Lipinski definition) is 1. The zero-order valence-corrected chi connectivity index (χ0v) is 18.1. The molecule has 1 nitrogen and oxygen atoms in total. The molecule has 0 fully saturated rings. The molecule has 2 heteroatoms. The van der Waals surface area contributed by atoms with E-state index in [4.69, 9.17) is 0 Å². The second-order valence-electron chi connectivity index (χ2n) is 7.82. The van der Waals surface area contributed by atoms with Gasteiger partial charge in [0, 0.05) is 21.5 Å². The lowest BCUT2D eigenvalue weighted by atomic mass is 9.93. The summed E-state index contributed by atoms with van der Waals surface area (Å²) >= 11 is 0. The van der Waals surface area contributed by atoms with Gasteiger partial charge in [-0.05, 0) is 41.7 Å². The van der Waals surface area contributed by atoms with Crippen LogP contribution in [-0.4, -0.2) is 0 Å². The predicted octanol–water partition coefficient (Wildman–Crippen LogP) is 6.55. The first-order valence-corrected chi connectivity index (χ1v) is 12.0. The van der Waals surface area contributed by atoms with Crippen LogP contribution in [0.5, 0.6) is 0 Å². The van der Waals surface area contributed by atoms with Gasteiger partial charge in [-0.3, -0.25) is 0 Å². The van der Waals surface area contributed by atoms with Crippen molar-refractivity contribution in [3.05, 3.63) is 131 Å². The molecule has 4 aromatic carbocycles. The van der Waals surface area contributed by atoms with Crippen molar-refractivity contribution in [2.45, 2.75) is 13.8 Å². The highest BCUT2D eigenvalue weighted by atomic mass is 31.2. The quantitative estimate of drug-likeness (QED) is 0.353. The first-order valence-electron chi connectivity index (χ1n) is 10.2. The molecule has 1 unspecified atom stereocenters. The summed E-state index contributed by atoms with van der Waals surface area (Å²) < 4.78 is 15.3. The van der Waals surface area contributed by atoms with E-state index in [1.54, 1.807) is 0 Å². The average molecular weight is 406 g/mol. The van der Waals surface area contributed by atoms with Gasteiger partial charge in [0.05, 0.1) is 0 Å². The molecule has 1 atom stereocenters. The second kappa shape index (κ2) is 7.27. The summed E-state index contributed by atoms with van der Waals surface area (Å²) in [6.45, 7) is 4.19. The highest BCUT2D eigenvalue weighted by Gasteiger charge is 2.44. The van der Waals surface area contributed by atoms with E-state index in [0.29, 0.717) is 0 Å². The van der Waals surface area contributed by atoms with Crippen molar-refractivity contribution in [3.63, 3.8) is 0 Å². The van der Waals surface area contributed by atoms with E-state index in [-0.39, 0.29) is 0 Å². The molecular formula is C28H23OP. The average Bonchev–Trinajstić information content (AvgIpc) is 3.06. The van der Waals surface area contributed by atoms with Crippen LogP contribution in [0.3, 0.4) is 0 Å². The fraction of sp³-hybridized carbons (Fsp3) is 0.0714. The first kappa shape index (κ1) is 18.9. The molecule has 1 aliphatic heterocycles. The largest absolute Gasteiger partial charge is 0.309 e. The molecule has 30 heavy (non-hydrogen) atoms. The molecule has 0 saturated carbocycles. The SMILES string of the molecule is Cc1ccccc1P1(=O)C(c2ccccc2)=C(c2ccccc2)c2c(C)cccc21. The minimum atomic E-state index is -3.05. The Kier molecular flexibility index (Phi) is 4.57. The molecular weight excluding hydrogens is 383 g/mol. The number of fused-ring (bicyclic) bond motifs is 1. The van der Waals surface area contributed by atoms with Crippen LogP contribution in [0.25, 0.3) is 10.9 Å². The van der Waals surface area contributed by atoms with Crippen molar-refractivity contribution in [2.24, 2.45) is 0 Å². The zero-order valence-electron chi connectivity index (χ0n) is 17.2. The van der Waals surface area contributed by atoms with E-state index in [2.05, 4.69) is 68.4 Å². The van der Waals surface area contributed by atoms with Gasteiger partial charge in [0.1, 0.15) is 0 Å². The Labute approximate surface area is 178 Å². The Bertz CT molecular complexity index is 1320. The molecule has 4 aromatic rings. The molecule has 0 aromatic heterocycles. The van der Waals surface area contributed by atoms with Gasteiger partial charge in [-0.1, -0.05) is 103 Å². The summed E-state index contributed by atoms with van der Waals surface area (Å²) in [6.07, 6.45) is 0. The predicted molar refractivity (Wildman–Crippen MR) is 128 cm³/mol. The van der Waals surface area contributed by atoms with Gasteiger partial charge in [-0.15, -0.1) is 0 Å². The monoisotopic (exact) mass is 406 g/mol. The lowest BCUT2D eigenvalue weighted by Crippen LogP contribution is -2.18. The molecule has 0 bridgehead atoms. The molecule has 0 aliphatic carbocycles. The van der Waals surface area contributed by atoms with Gasteiger partial charge < -0.3 is 4.57 Å². The molecule has 0 saturated heterocycles. The van der Waals surface area contributed by atoms with Gasteiger partial charge in [-0.25, -0.2) is 0 Å². The molecule has 1 heterocycles. The van der Waals surface area contributed by atoms with E-state index < -0.39 is 7.14 Å². The van der Waals surface area contributed by atoms with Crippen molar-refractivity contribution in [3.8, 4) is 0 Å². The Morgan fingerprint density at radius 3 is 1.73 bits per heavy atom. The Hall–Kier alpha value is -3.15. The van der Waals surface area contributed by atoms with Crippen LogP contribution < -0.4 is 10.6 Å². The molecule has 0 amide bonds. The minimum absolute atomic E-state index is 0.932. The lowest BCUT2D eigenvalue weighted by Gasteiger charge is -2.21. The maximum Gasteiger partial charge on any atom is 0.173 e. The van der Waals surface area contributed by atoms with Crippen molar-refractivity contribution in [1.29, 1.82) is 0 Å². The number of aryl methyl sites for hydroxylation is 2. The second-order valence-corrected chi connectivity index (χ2v) is 10.4. The van der Waals surface area contributed by atoms with E-state index in [1.807, 2.05) is 48.5 Å². The topological polar surface area (TPSA) is 17.1 Å². The Morgan fingerprint density at radius 1 is 0.533 bits per heavy atom. The molecule has 0 radical (unpaired) electrons. The fourth-order valence-electron chi connectivity index (χ4n) is 4.61. The van der Waals surface area contributed by atoms with Crippen LogP contribution in [0.15, 0.2) is 103 Å². The molecule has 146 valence electrons. The van der Waals surface area contributed by atoms with Crippen LogP contribution in [0.2, 0.25) is 0 Å². The number of benzene rings is 4. The van der Waals surface area contributed by atoms with Gasteiger partial charge >= 0.3 is 0 Å². The first-order chi connectivity index (χ1) is 14.6. The minimum Gasteiger partial charge on any atom is -0.309 e. The van der Waals surface area contributed by atoms with Gasteiger partial charge in [0.25, 0.3) is 0 Å². The summed E-state index contributed by atoms with van der Waals surface area (Å²) in [6, 6.07) is 35.0. The summed E-state index contributed by atoms with van der Waals surface area (Å²) in [4.78, 5) is 0. The van der Waals surface area contributed by atoms with Crippen molar-refractivity contribution in [1.82, 2.24) is 0 Å².